The summed E-state index contributed by atoms with van der Waals surface area (Å²) >= 11 is 0. The fourth-order valence-electron chi connectivity index (χ4n) is 4.30. The third-order valence-electron chi connectivity index (χ3n) is 5.91. The number of methoxy groups -OCH3 is 1. The Hall–Kier alpha value is -2.93. The van der Waals surface area contributed by atoms with Gasteiger partial charge in [-0.2, -0.15) is 0 Å². The lowest BCUT2D eigenvalue weighted by Gasteiger charge is -2.27. The van der Waals surface area contributed by atoms with Crippen LogP contribution in [0.1, 0.15) is 41.9 Å². The first-order valence-electron chi connectivity index (χ1n) is 10.2. The zero-order valence-corrected chi connectivity index (χ0v) is 16.6. The topological polar surface area (TPSA) is 86.4 Å². The number of aromatic amines is 2. The first kappa shape index (κ1) is 18.1. The summed E-state index contributed by atoms with van der Waals surface area (Å²) < 4.78 is 5.37. The number of hydrogen-bond donors (Lipinski definition) is 2. The first-order chi connectivity index (χ1) is 14.2. The van der Waals surface area contributed by atoms with Gasteiger partial charge in [-0.1, -0.05) is 0 Å². The molecule has 0 aliphatic carbocycles. The zero-order chi connectivity index (χ0) is 19.8. The van der Waals surface area contributed by atoms with Crippen LogP contribution in [0.5, 0.6) is 5.75 Å². The second-order valence-electron chi connectivity index (χ2n) is 7.81. The minimum atomic E-state index is -0.0245. The van der Waals surface area contributed by atoms with E-state index in [1.807, 2.05) is 18.3 Å². The summed E-state index contributed by atoms with van der Waals surface area (Å²) in [5.41, 5.74) is 4.94. The second-order valence-corrected chi connectivity index (χ2v) is 7.81. The first-order valence-corrected chi connectivity index (χ1v) is 10.2. The van der Waals surface area contributed by atoms with Crippen LogP contribution < -0.4 is 10.3 Å². The SMILES string of the molecule is COc1ccc2[nH]cc(CN3CCc4nc(C5=NCCCC5)[nH]c(=O)c4C3)c2c1. The smallest absolute Gasteiger partial charge is 0.255 e. The Kier molecular flexibility index (Phi) is 4.67. The summed E-state index contributed by atoms with van der Waals surface area (Å²) in [6.07, 6.45) is 5.96. The van der Waals surface area contributed by atoms with Crippen molar-refractivity contribution in [3.63, 3.8) is 0 Å². The highest BCUT2D eigenvalue weighted by Crippen LogP contribution is 2.26. The Labute approximate surface area is 168 Å². The number of nitrogens with one attached hydrogen (secondary N) is 2. The van der Waals surface area contributed by atoms with Gasteiger partial charge in [-0.15, -0.1) is 0 Å². The molecule has 0 unspecified atom stereocenters. The van der Waals surface area contributed by atoms with Crippen molar-refractivity contribution in [2.45, 2.75) is 38.8 Å². The number of ether oxygens (including phenoxy) is 1. The molecule has 4 heterocycles. The second kappa shape index (κ2) is 7.48. The standard InChI is InChI=1S/C22H25N5O2/c1-29-15-5-6-18-16(10-15)14(11-24-18)12-27-9-7-19-17(13-27)22(28)26-21(25-19)20-4-2-3-8-23-20/h5-6,10-11,24H,2-4,7-9,12-13H2,1H3,(H,25,26,28). The van der Waals surface area contributed by atoms with Crippen LogP contribution in [0.15, 0.2) is 34.2 Å². The van der Waals surface area contributed by atoms with E-state index in [1.54, 1.807) is 7.11 Å². The van der Waals surface area contributed by atoms with E-state index in [0.717, 1.165) is 78.9 Å². The molecule has 5 rings (SSSR count). The van der Waals surface area contributed by atoms with Crippen LogP contribution >= 0.6 is 0 Å². The van der Waals surface area contributed by atoms with E-state index in [0.29, 0.717) is 12.4 Å². The summed E-state index contributed by atoms with van der Waals surface area (Å²) in [5.74, 6) is 1.52. The van der Waals surface area contributed by atoms with Crippen molar-refractivity contribution < 1.29 is 4.74 Å². The lowest BCUT2D eigenvalue weighted by Crippen LogP contribution is -2.36. The molecule has 0 saturated heterocycles. The highest BCUT2D eigenvalue weighted by Gasteiger charge is 2.23. The largest absolute Gasteiger partial charge is 0.497 e. The minimum absolute atomic E-state index is 0.0245. The summed E-state index contributed by atoms with van der Waals surface area (Å²) in [6, 6.07) is 6.05. The summed E-state index contributed by atoms with van der Waals surface area (Å²) in [6.45, 7) is 3.10. The van der Waals surface area contributed by atoms with E-state index >= 15 is 0 Å². The fourth-order valence-corrected chi connectivity index (χ4v) is 4.30. The van der Waals surface area contributed by atoms with Crippen molar-refractivity contribution in [1.29, 1.82) is 0 Å². The van der Waals surface area contributed by atoms with Crippen molar-refractivity contribution >= 4 is 16.6 Å². The molecule has 7 heteroatoms. The van der Waals surface area contributed by atoms with E-state index in [-0.39, 0.29) is 5.56 Å². The summed E-state index contributed by atoms with van der Waals surface area (Å²) in [4.78, 5) is 30.7. The van der Waals surface area contributed by atoms with Crippen LogP contribution in [-0.2, 0) is 19.5 Å². The van der Waals surface area contributed by atoms with Gasteiger partial charge >= 0.3 is 0 Å². The van der Waals surface area contributed by atoms with Crippen molar-refractivity contribution in [2.75, 3.05) is 20.2 Å². The normalized spacial score (nSPS) is 17.2. The van der Waals surface area contributed by atoms with Gasteiger partial charge in [0, 0.05) is 49.7 Å². The molecule has 2 aliphatic rings. The van der Waals surface area contributed by atoms with Crippen molar-refractivity contribution in [3.8, 4) is 5.75 Å². The van der Waals surface area contributed by atoms with E-state index in [9.17, 15) is 4.79 Å². The molecule has 1 aromatic carbocycles. The number of aromatic nitrogens is 3. The molecule has 0 bridgehead atoms. The molecule has 2 N–H and O–H groups in total. The number of aliphatic imine (C=N–C) groups is 1. The van der Waals surface area contributed by atoms with Gasteiger partial charge in [0.15, 0.2) is 5.82 Å². The number of fused-ring (bicyclic) bond motifs is 2. The van der Waals surface area contributed by atoms with Gasteiger partial charge in [0.05, 0.1) is 24.1 Å². The summed E-state index contributed by atoms with van der Waals surface area (Å²) in [5, 5.41) is 1.16. The highest BCUT2D eigenvalue weighted by atomic mass is 16.5. The lowest BCUT2D eigenvalue weighted by atomic mass is 10.0. The molecule has 0 radical (unpaired) electrons. The molecule has 0 spiro atoms. The summed E-state index contributed by atoms with van der Waals surface area (Å²) in [7, 11) is 1.68. The molecule has 2 aromatic heterocycles. The van der Waals surface area contributed by atoms with Crippen LogP contribution in [0, 0.1) is 0 Å². The molecule has 150 valence electrons. The third kappa shape index (κ3) is 3.46. The van der Waals surface area contributed by atoms with Crippen LogP contribution in [0.25, 0.3) is 10.9 Å². The predicted molar refractivity (Wildman–Crippen MR) is 113 cm³/mol. The van der Waals surface area contributed by atoms with E-state index in [1.165, 1.54) is 5.56 Å². The van der Waals surface area contributed by atoms with Crippen LogP contribution in [-0.4, -0.2) is 45.8 Å². The number of H-pyrrole nitrogens is 2. The van der Waals surface area contributed by atoms with Crippen LogP contribution in [0.3, 0.4) is 0 Å². The quantitative estimate of drug-likeness (QED) is 0.716. The number of rotatable bonds is 4. The highest BCUT2D eigenvalue weighted by molar-refractivity contribution is 5.97. The molecular formula is C22H25N5O2. The Morgan fingerprint density at radius 2 is 2.17 bits per heavy atom. The lowest BCUT2D eigenvalue weighted by molar-refractivity contribution is 0.242. The Morgan fingerprint density at radius 1 is 1.24 bits per heavy atom. The maximum Gasteiger partial charge on any atom is 0.255 e. The van der Waals surface area contributed by atoms with Gasteiger partial charge in [-0.05, 0) is 43.0 Å². The average Bonchev–Trinajstić information content (AvgIpc) is 3.16. The molecule has 0 atom stereocenters. The average molecular weight is 391 g/mol. The maximum atomic E-state index is 12.8. The van der Waals surface area contributed by atoms with Gasteiger partial charge in [0.25, 0.3) is 5.56 Å². The maximum absolute atomic E-state index is 12.8. The molecule has 29 heavy (non-hydrogen) atoms. The number of hydrogen-bond acceptors (Lipinski definition) is 5. The molecule has 3 aromatic rings. The Bertz CT molecular complexity index is 1140. The fraction of sp³-hybridized carbons (Fsp3) is 0.409. The third-order valence-corrected chi connectivity index (χ3v) is 5.91. The van der Waals surface area contributed by atoms with Crippen molar-refractivity contribution in [3.05, 3.63) is 57.4 Å². The van der Waals surface area contributed by atoms with Gasteiger partial charge in [0.1, 0.15) is 5.75 Å². The molecule has 2 aliphatic heterocycles. The van der Waals surface area contributed by atoms with Gasteiger partial charge in [-0.25, -0.2) is 4.98 Å². The number of nitrogens with zero attached hydrogens (tertiary/aromatic N) is 3. The molecular weight excluding hydrogens is 366 g/mol. The van der Waals surface area contributed by atoms with E-state index in [4.69, 9.17) is 9.72 Å². The Morgan fingerprint density at radius 3 is 3.00 bits per heavy atom. The molecule has 0 saturated carbocycles. The predicted octanol–water partition coefficient (Wildman–Crippen LogP) is 2.79. The minimum Gasteiger partial charge on any atom is -0.497 e. The molecule has 0 amide bonds. The molecule has 7 nitrogen and oxygen atoms in total. The molecule has 0 fully saturated rings. The van der Waals surface area contributed by atoms with Gasteiger partial charge in [0.2, 0.25) is 0 Å². The van der Waals surface area contributed by atoms with Crippen LogP contribution in [0.2, 0.25) is 0 Å². The van der Waals surface area contributed by atoms with E-state index in [2.05, 4.69) is 25.9 Å². The zero-order valence-electron chi connectivity index (χ0n) is 16.6. The monoisotopic (exact) mass is 391 g/mol. The van der Waals surface area contributed by atoms with Crippen molar-refractivity contribution in [1.82, 2.24) is 19.9 Å². The van der Waals surface area contributed by atoms with Gasteiger partial charge < -0.3 is 14.7 Å². The van der Waals surface area contributed by atoms with Crippen LogP contribution in [0.4, 0.5) is 0 Å². The number of benzene rings is 1. The van der Waals surface area contributed by atoms with Gasteiger partial charge in [-0.3, -0.25) is 14.7 Å². The van der Waals surface area contributed by atoms with E-state index < -0.39 is 0 Å². The Balaban J connectivity index is 1.39. The van der Waals surface area contributed by atoms with Crippen molar-refractivity contribution in [2.24, 2.45) is 4.99 Å².